The molecule has 1 amide bonds. The molecule has 0 radical (unpaired) electrons. The Hall–Kier alpha value is -4.69. The van der Waals surface area contributed by atoms with E-state index < -0.39 is 17.5 Å². The molecule has 0 aliphatic carbocycles. The van der Waals surface area contributed by atoms with Crippen LogP contribution in [0.5, 0.6) is 5.75 Å². The third-order valence-electron chi connectivity index (χ3n) is 6.78. The number of fused-ring (bicyclic) bond motifs is 2. The summed E-state index contributed by atoms with van der Waals surface area (Å²) in [6.45, 7) is 1.82. The summed E-state index contributed by atoms with van der Waals surface area (Å²) in [6, 6.07) is 17.2. The third kappa shape index (κ3) is 4.17. The summed E-state index contributed by atoms with van der Waals surface area (Å²) < 4.78 is 46.7. The summed E-state index contributed by atoms with van der Waals surface area (Å²) in [5, 5.41) is 3.54. The van der Waals surface area contributed by atoms with E-state index in [1.165, 1.54) is 44.5 Å². The lowest BCUT2D eigenvalue weighted by molar-refractivity contribution is 0.0964. The molecule has 1 N–H and O–H groups in total. The van der Waals surface area contributed by atoms with Gasteiger partial charge < -0.3 is 18.9 Å². The van der Waals surface area contributed by atoms with Crippen LogP contribution in [0.15, 0.2) is 75.6 Å². The number of aryl methyl sites for hydroxylation is 1. The lowest BCUT2D eigenvalue weighted by Crippen LogP contribution is -2.18. The fourth-order valence-electron chi connectivity index (χ4n) is 4.82. The second-order valence-corrected chi connectivity index (χ2v) is 9.60. The zero-order valence-corrected chi connectivity index (χ0v) is 22.3. The van der Waals surface area contributed by atoms with E-state index in [1.807, 2.05) is 6.92 Å². The maximum absolute atomic E-state index is 15.6. The molecule has 0 saturated carbocycles. The number of carbonyl (C=O) groups excluding carboxylic acids is 1. The number of hydrogen-bond acceptors (Lipinski definition) is 5. The van der Waals surface area contributed by atoms with Crippen LogP contribution >= 0.6 is 11.6 Å². The van der Waals surface area contributed by atoms with Crippen LogP contribution in [0.4, 0.5) is 8.78 Å². The summed E-state index contributed by atoms with van der Waals surface area (Å²) in [5.74, 6) is -0.617. The Labute approximate surface area is 232 Å². The molecular weight excluding hydrogens is 538 g/mol. The molecule has 0 aliphatic heterocycles. The van der Waals surface area contributed by atoms with Gasteiger partial charge in [-0.25, -0.2) is 13.8 Å². The number of halogens is 3. The van der Waals surface area contributed by atoms with E-state index in [-0.39, 0.29) is 28.5 Å². The Morgan fingerprint density at radius 1 is 0.950 bits per heavy atom. The van der Waals surface area contributed by atoms with Crippen molar-refractivity contribution in [1.82, 2.24) is 10.3 Å². The number of ether oxygens (including phenoxy) is 1. The quantitative estimate of drug-likeness (QED) is 0.231. The second kappa shape index (κ2) is 9.81. The van der Waals surface area contributed by atoms with E-state index in [1.54, 1.807) is 36.4 Å². The van der Waals surface area contributed by atoms with Crippen LogP contribution < -0.4 is 10.1 Å². The molecule has 4 aromatic carbocycles. The molecule has 2 aromatic heterocycles. The molecule has 6 aromatic rings. The smallest absolute Gasteiger partial charge is 0.255 e. The first kappa shape index (κ1) is 25.6. The lowest BCUT2D eigenvalue weighted by Gasteiger charge is -2.12. The molecule has 0 bridgehead atoms. The number of nitrogens with one attached hydrogen (secondary N) is 1. The minimum Gasteiger partial charge on any atom is -0.496 e. The number of methoxy groups -OCH3 is 1. The van der Waals surface area contributed by atoms with Gasteiger partial charge in [-0.3, -0.25) is 4.79 Å². The van der Waals surface area contributed by atoms with Crippen molar-refractivity contribution in [2.75, 3.05) is 14.2 Å². The average Bonchev–Trinajstić information content (AvgIpc) is 3.55. The van der Waals surface area contributed by atoms with E-state index in [0.29, 0.717) is 49.3 Å². The van der Waals surface area contributed by atoms with Crippen molar-refractivity contribution in [1.29, 1.82) is 0 Å². The van der Waals surface area contributed by atoms with Crippen LogP contribution in [-0.2, 0) is 0 Å². The van der Waals surface area contributed by atoms with Crippen LogP contribution in [-0.4, -0.2) is 25.0 Å². The topological polar surface area (TPSA) is 77.5 Å². The molecule has 9 heteroatoms. The number of aromatic nitrogens is 1. The van der Waals surface area contributed by atoms with Gasteiger partial charge >= 0.3 is 0 Å². The van der Waals surface area contributed by atoms with Crippen molar-refractivity contribution in [2.24, 2.45) is 0 Å². The molecule has 6 rings (SSSR count). The van der Waals surface area contributed by atoms with Crippen molar-refractivity contribution in [3.63, 3.8) is 0 Å². The van der Waals surface area contributed by atoms with Crippen LogP contribution in [0.25, 0.3) is 56.0 Å². The highest BCUT2D eigenvalue weighted by Gasteiger charge is 2.25. The Bertz CT molecular complexity index is 1940. The Morgan fingerprint density at radius 3 is 2.42 bits per heavy atom. The molecule has 40 heavy (non-hydrogen) atoms. The van der Waals surface area contributed by atoms with Crippen LogP contribution in [0, 0.1) is 18.6 Å². The van der Waals surface area contributed by atoms with Crippen LogP contribution in [0.2, 0.25) is 5.02 Å². The Balaban J connectivity index is 1.57. The van der Waals surface area contributed by atoms with Crippen LogP contribution in [0.1, 0.15) is 15.9 Å². The summed E-state index contributed by atoms with van der Waals surface area (Å²) in [7, 11) is 2.94. The van der Waals surface area contributed by atoms with E-state index >= 15 is 4.39 Å². The molecule has 200 valence electrons. The molecule has 0 spiro atoms. The number of benzene rings is 4. The van der Waals surface area contributed by atoms with Gasteiger partial charge in [0.15, 0.2) is 5.58 Å². The van der Waals surface area contributed by atoms with Crippen molar-refractivity contribution in [3.05, 3.63) is 94.5 Å². The SMILES string of the molecule is CNC(=O)c1c(-c2ccc(F)cc2)oc2cc(C)c(-c3cc(-c4nc5c(Cl)cccc5o4)c(OC)cc3F)cc12. The van der Waals surface area contributed by atoms with Crippen molar-refractivity contribution >= 4 is 39.6 Å². The van der Waals surface area contributed by atoms with Gasteiger partial charge in [0.2, 0.25) is 5.89 Å². The summed E-state index contributed by atoms with van der Waals surface area (Å²) >= 11 is 6.29. The first-order chi connectivity index (χ1) is 19.3. The first-order valence-electron chi connectivity index (χ1n) is 12.3. The number of carbonyl (C=O) groups is 1. The van der Waals surface area contributed by atoms with Crippen molar-refractivity contribution < 1.29 is 27.1 Å². The summed E-state index contributed by atoms with van der Waals surface area (Å²) in [5.41, 5.74) is 4.08. The average molecular weight is 559 g/mol. The molecule has 0 unspecified atom stereocenters. The molecule has 0 fully saturated rings. The lowest BCUT2D eigenvalue weighted by atomic mass is 9.94. The monoisotopic (exact) mass is 558 g/mol. The molecule has 0 saturated heterocycles. The normalized spacial score (nSPS) is 11.3. The third-order valence-corrected chi connectivity index (χ3v) is 7.08. The number of oxazole rings is 1. The number of rotatable bonds is 5. The van der Waals surface area contributed by atoms with E-state index in [2.05, 4.69) is 10.3 Å². The van der Waals surface area contributed by atoms with Crippen molar-refractivity contribution in [2.45, 2.75) is 6.92 Å². The standard InChI is InChI=1S/C31H21ClF2N2O4/c1-15-11-26-20(27(30(37)35-2)29(39-26)16-7-9-17(33)10-8-16)12-18(15)19-13-21(25(38-3)14-23(19)34)31-36-28-22(32)5-4-6-24(28)40-31/h4-14H,1-3H3,(H,35,37). The first-order valence-corrected chi connectivity index (χ1v) is 12.6. The van der Waals surface area contributed by atoms with Crippen molar-refractivity contribution in [3.8, 4) is 39.7 Å². The highest BCUT2D eigenvalue weighted by atomic mass is 35.5. The predicted octanol–water partition coefficient (Wildman–Crippen LogP) is 8.18. The second-order valence-electron chi connectivity index (χ2n) is 9.19. The van der Waals surface area contributed by atoms with Gasteiger partial charge in [0.1, 0.15) is 34.2 Å². The molecule has 2 heterocycles. The molecule has 6 nitrogen and oxygen atoms in total. The summed E-state index contributed by atoms with van der Waals surface area (Å²) in [4.78, 5) is 17.5. The van der Waals surface area contributed by atoms with Gasteiger partial charge in [-0.1, -0.05) is 17.7 Å². The maximum atomic E-state index is 15.6. The van der Waals surface area contributed by atoms with Crippen LogP contribution in [0.3, 0.4) is 0 Å². The minimum atomic E-state index is -0.541. The zero-order valence-electron chi connectivity index (χ0n) is 21.6. The number of para-hydroxylation sites is 1. The number of nitrogens with zero attached hydrogens (tertiary/aromatic N) is 1. The molecule has 0 aliphatic rings. The fourth-order valence-corrected chi connectivity index (χ4v) is 5.03. The van der Waals surface area contributed by atoms with E-state index in [4.69, 9.17) is 25.2 Å². The Kier molecular flexibility index (Phi) is 6.27. The van der Waals surface area contributed by atoms with Gasteiger partial charge in [-0.05, 0) is 72.6 Å². The fraction of sp³-hybridized carbons (Fsp3) is 0.0968. The van der Waals surface area contributed by atoms with Gasteiger partial charge in [-0.2, -0.15) is 0 Å². The van der Waals surface area contributed by atoms with Gasteiger partial charge in [-0.15, -0.1) is 0 Å². The Morgan fingerprint density at radius 2 is 1.73 bits per heavy atom. The number of amides is 1. The molecule has 0 atom stereocenters. The van der Waals surface area contributed by atoms with Gasteiger partial charge in [0.05, 0.1) is 23.3 Å². The minimum absolute atomic E-state index is 0.216. The van der Waals surface area contributed by atoms with E-state index in [9.17, 15) is 9.18 Å². The summed E-state index contributed by atoms with van der Waals surface area (Å²) in [6.07, 6.45) is 0. The largest absolute Gasteiger partial charge is 0.496 e. The molecular formula is C31H21ClF2N2O4. The van der Waals surface area contributed by atoms with E-state index in [0.717, 1.165) is 0 Å². The number of hydrogen-bond donors (Lipinski definition) is 1. The zero-order chi connectivity index (χ0) is 28.1. The highest BCUT2D eigenvalue weighted by molar-refractivity contribution is 6.34. The van der Waals surface area contributed by atoms with Gasteiger partial charge in [0.25, 0.3) is 5.91 Å². The number of furan rings is 1. The highest BCUT2D eigenvalue weighted by Crippen LogP contribution is 2.42. The van der Waals surface area contributed by atoms with Gasteiger partial charge in [0, 0.05) is 29.6 Å². The maximum Gasteiger partial charge on any atom is 0.255 e. The predicted molar refractivity (Wildman–Crippen MR) is 150 cm³/mol.